The number of nitrogens with zero attached hydrogens (tertiary/aromatic N) is 1. The van der Waals surface area contributed by atoms with Gasteiger partial charge in [0.2, 0.25) is 17.7 Å². The summed E-state index contributed by atoms with van der Waals surface area (Å²) in [6.07, 6.45) is 2.61. The highest BCUT2D eigenvalue weighted by atomic mass is 31.2. The molecule has 3 amide bonds. The van der Waals surface area contributed by atoms with Crippen molar-refractivity contribution in [2.45, 2.75) is 69.3 Å². The van der Waals surface area contributed by atoms with E-state index in [2.05, 4.69) is 5.32 Å². The van der Waals surface area contributed by atoms with Crippen LogP contribution < -0.4 is 5.32 Å². The van der Waals surface area contributed by atoms with Gasteiger partial charge >= 0.3 is 15.2 Å². The number of aliphatic hydroxyl groups is 1. The minimum atomic E-state index is -5.43. The van der Waals surface area contributed by atoms with Crippen LogP contribution in [0.5, 0.6) is 0 Å². The minimum absolute atomic E-state index is 0.0451. The third-order valence-electron chi connectivity index (χ3n) is 4.88. The van der Waals surface area contributed by atoms with Crippen molar-refractivity contribution in [1.29, 1.82) is 0 Å². The maximum atomic E-state index is 11.7. The highest BCUT2D eigenvalue weighted by molar-refractivity contribution is 7.72. The largest absolute Gasteiger partial charge is 0.369 e. The standard InChI is InChI=1S/C16H30N2O10P2/c19-13(7-3-1-6-12-18-14(20)8-9-15(18)21)17-11-5-2-4-10-16(22,29(23,24)25)30(26,27)28/h22H,1-12H2,(H,17,19)(H2,23,24,25)(H2,26,27,28). The molecule has 6 N–H and O–H groups in total. The van der Waals surface area contributed by atoms with Gasteiger partial charge in [-0.15, -0.1) is 0 Å². The van der Waals surface area contributed by atoms with E-state index in [9.17, 15) is 28.6 Å². The molecule has 14 heteroatoms. The molecule has 0 radical (unpaired) electrons. The van der Waals surface area contributed by atoms with E-state index in [4.69, 9.17) is 19.6 Å². The summed E-state index contributed by atoms with van der Waals surface area (Å²) in [7, 11) is -10.9. The quantitative estimate of drug-likeness (QED) is 0.116. The van der Waals surface area contributed by atoms with E-state index in [1.807, 2.05) is 0 Å². The number of carbonyl (C=O) groups excluding carboxylic acids is 3. The fourth-order valence-corrected chi connectivity index (χ4v) is 5.30. The van der Waals surface area contributed by atoms with Gasteiger partial charge in [-0.2, -0.15) is 0 Å². The van der Waals surface area contributed by atoms with Crippen LogP contribution in [0.25, 0.3) is 0 Å². The first-order valence-electron chi connectivity index (χ1n) is 9.73. The number of likely N-dealkylation sites (tertiary alicyclic amines) is 1. The fourth-order valence-electron chi connectivity index (χ4n) is 3.05. The van der Waals surface area contributed by atoms with Crippen molar-refractivity contribution in [3.8, 4) is 0 Å². The van der Waals surface area contributed by atoms with Crippen LogP contribution in [-0.4, -0.2) is 65.5 Å². The number of hydrogen-bond donors (Lipinski definition) is 6. The van der Waals surface area contributed by atoms with Crippen molar-refractivity contribution in [3.05, 3.63) is 0 Å². The van der Waals surface area contributed by atoms with Gasteiger partial charge in [0.1, 0.15) is 0 Å². The Balaban J connectivity index is 2.13. The van der Waals surface area contributed by atoms with E-state index in [1.165, 1.54) is 4.90 Å². The number of carbonyl (C=O) groups is 3. The third kappa shape index (κ3) is 7.85. The Morgan fingerprint density at radius 3 is 1.97 bits per heavy atom. The molecule has 0 atom stereocenters. The first-order valence-corrected chi connectivity index (χ1v) is 13.0. The van der Waals surface area contributed by atoms with Crippen LogP contribution in [0.3, 0.4) is 0 Å². The highest BCUT2D eigenvalue weighted by Crippen LogP contribution is 2.69. The zero-order chi connectivity index (χ0) is 23.0. The molecule has 174 valence electrons. The lowest BCUT2D eigenvalue weighted by Crippen LogP contribution is -2.30. The monoisotopic (exact) mass is 472 g/mol. The predicted octanol–water partition coefficient (Wildman–Crippen LogP) is 0.374. The number of nitrogens with one attached hydrogen (secondary N) is 1. The molecule has 0 aromatic rings. The summed E-state index contributed by atoms with van der Waals surface area (Å²) in [6.45, 7) is 0.648. The van der Waals surface area contributed by atoms with Crippen LogP contribution in [-0.2, 0) is 23.5 Å². The molecule has 1 aliphatic rings. The van der Waals surface area contributed by atoms with Crippen LogP contribution >= 0.6 is 15.2 Å². The lowest BCUT2D eigenvalue weighted by atomic mass is 10.1. The van der Waals surface area contributed by atoms with Gasteiger partial charge in [0.25, 0.3) is 5.08 Å². The number of hydrogen-bond acceptors (Lipinski definition) is 6. The molecule has 30 heavy (non-hydrogen) atoms. The van der Waals surface area contributed by atoms with Gasteiger partial charge in [-0.3, -0.25) is 28.4 Å². The predicted molar refractivity (Wildman–Crippen MR) is 105 cm³/mol. The molecule has 1 fully saturated rings. The Morgan fingerprint density at radius 1 is 0.900 bits per heavy atom. The van der Waals surface area contributed by atoms with Crippen molar-refractivity contribution in [3.63, 3.8) is 0 Å². The molecule has 0 aliphatic carbocycles. The Labute approximate surface area is 174 Å². The van der Waals surface area contributed by atoms with E-state index in [0.717, 1.165) is 0 Å². The van der Waals surface area contributed by atoms with Gasteiger partial charge in [-0.25, -0.2) is 0 Å². The van der Waals surface area contributed by atoms with Gasteiger partial charge in [-0.1, -0.05) is 12.8 Å². The Hall–Kier alpha value is -1.13. The number of imide groups is 1. The lowest BCUT2D eigenvalue weighted by Gasteiger charge is -2.29. The summed E-state index contributed by atoms with van der Waals surface area (Å²) in [5, 5.41) is 9.00. The average molecular weight is 472 g/mol. The summed E-state index contributed by atoms with van der Waals surface area (Å²) in [5.41, 5.74) is 0. The molecule has 1 rings (SSSR count). The van der Waals surface area contributed by atoms with Crippen LogP contribution in [0.4, 0.5) is 0 Å². The van der Waals surface area contributed by atoms with Gasteiger partial charge in [-0.05, 0) is 32.1 Å². The molecule has 0 unspecified atom stereocenters. The third-order valence-corrected chi connectivity index (χ3v) is 8.76. The van der Waals surface area contributed by atoms with Gasteiger partial charge in [0.05, 0.1) is 0 Å². The Kier molecular flexibility index (Phi) is 10.3. The second kappa shape index (κ2) is 11.5. The van der Waals surface area contributed by atoms with E-state index >= 15 is 0 Å². The second-order valence-corrected chi connectivity index (χ2v) is 11.3. The van der Waals surface area contributed by atoms with Crippen molar-refractivity contribution in [2.75, 3.05) is 13.1 Å². The smallest absolute Gasteiger partial charge is 0.368 e. The van der Waals surface area contributed by atoms with Gasteiger partial charge in [0, 0.05) is 32.4 Å². The number of unbranched alkanes of at least 4 members (excludes halogenated alkanes) is 4. The van der Waals surface area contributed by atoms with Crippen LogP contribution in [0.2, 0.25) is 0 Å². The maximum Gasteiger partial charge on any atom is 0.369 e. The summed E-state index contributed by atoms with van der Waals surface area (Å²) in [5.74, 6) is -0.499. The van der Waals surface area contributed by atoms with E-state index in [1.54, 1.807) is 0 Å². The van der Waals surface area contributed by atoms with Gasteiger partial charge in [0.15, 0.2) is 0 Å². The molecule has 0 aromatic heterocycles. The molecular weight excluding hydrogens is 442 g/mol. The molecule has 0 bridgehead atoms. The Morgan fingerprint density at radius 2 is 1.43 bits per heavy atom. The van der Waals surface area contributed by atoms with Crippen molar-refractivity contribution >= 4 is 32.9 Å². The first kappa shape index (κ1) is 26.9. The van der Waals surface area contributed by atoms with E-state index in [-0.39, 0.29) is 49.9 Å². The Bertz CT molecular complexity index is 679. The van der Waals surface area contributed by atoms with Crippen molar-refractivity contribution in [1.82, 2.24) is 10.2 Å². The summed E-state index contributed by atoms with van der Waals surface area (Å²) in [6, 6.07) is 0. The first-order chi connectivity index (χ1) is 13.8. The van der Waals surface area contributed by atoms with Crippen LogP contribution in [0, 0.1) is 0 Å². The molecule has 1 aliphatic heterocycles. The zero-order valence-corrected chi connectivity index (χ0v) is 18.4. The normalized spacial score (nSPS) is 15.7. The number of rotatable bonds is 14. The lowest BCUT2D eigenvalue weighted by molar-refractivity contribution is -0.138. The molecule has 0 aromatic carbocycles. The molecule has 12 nitrogen and oxygen atoms in total. The maximum absolute atomic E-state index is 11.7. The van der Waals surface area contributed by atoms with Crippen LogP contribution in [0.1, 0.15) is 64.2 Å². The van der Waals surface area contributed by atoms with Crippen molar-refractivity contribution in [2.24, 2.45) is 0 Å². The molecule has 1 heterocycles. The number of amides is 3. The van der Waals surface area contributed by atoms with Crippen molar-refractivity contribution < 1.29 is 48.2 Å². The molecular formula is C16H30N2O10P2. The summed E-state index contributed by atoms with van der Waals surface area (Å²) in [4.78, 5) is 72.0. The van der Waals surface area contributed by atoms with Crippen LogP contribution in [0.15, 0.2) is 0 Å². The molecule has 0 spiro atoms. The SMILES string of the molecule is O=C(CCCCCN1C(=O)CCC1=O)NCCCCCC(O)(P(=O)(O)O)P(=O)(O)O. The molecule has 0 saturated carbocycles. The summed E-state index contributed by atoms with van der Waals surface area (Å²) >= 11 is 0. The van der Waals surface area contributed by atoms with E-state index < -0.39 is 26.7 Å². The second-order valence-electron chi connectivity index (χ2n) is 7.27. The fraction of sp³-hybridized carbons (Fsp3) is 0.812. The zero-order valence-electron chi connectivity index (χ0n) is 16.6. The highest BCUT2D eigenvalue weighted by Gasteiger charge is 2.58. The van der Waals surface area contributed by atoms with Gasteiger partial charge < -0.3 is 30.0 Å². The topological polar surface area (TPSA) is 202 Å². The summed E-state index contributed by atoms with van der Waals surface area (Å²) < 4.78 is 22.4. The van der Waals surface area contributed by atoms with E-state index in [0.29, 0.717) is 38.6 Å². The minimum Gasteiger partial charge on any atom is -0.368 e. The average Bonchev–Trinajstić information content (AvgIpc) is 2.94. The molecule has 1 saturated heterocycles.